The molecule has 3 heteroatoms. The molecule has 0 aromatic carbocycles. The van der Waals surface area contributed by atoms with Gasteiger partial charge in [0.2, 0.25) is 0 Å². The summed E-state index contributed by atoms with van der Waals surface area (Å²) in [7, 11) is 0. The Morgan fingerprint density at radius 3 is 2.72 bits per heavy atom. The minimum absolute atomic E-state index is 0.216. The van der Waals surface area contributed by atoms with Gasteiger partial charge in [0, 0.05) is 11.9 Å². The topological polar surface area (TPSA) is 50.9 Å². The zero-order valence-electron chi connectivity index (χ0n) is 11.7. The van der Waals surface area contributed by atoms with Gasteiger partial charge in [0.25, 0.3) is 0 Å². The van der Waals surface area contributed by atoms with E-state index in [4.69, 9.17) is 5.84 Å². The first kappa shape index (κ1) is 13.5. The lowest BCUT2D eigenvalue weighted by atomic mass is 9.65. The normalized spacial score (nSPS) is 24.8. The second-order valence-corrected chi connectivity index (χ2v) is 6.22. The van der Waals surface area contributed by atoms with Crippen molar-refractivity contribution >= 4 is 0 Å². The Bertz CT molecular complexity index is 383. The summed E-state index contributed by atoms with van der Waals surface area (Å²) in [6.07, 6.45) is 7.15. The van der Waals surface area contributed by atoms with Crippen molar-refractivity contribution in [1.29, 1.82) is 0 Å². The number of aromatic nitrogens is 1. The van der Waals surface area contributed by atoms with Crippen LogP contribution in [0.25, 0.3) is 0 Å². The first-order valence-corrected chi connectivity index (χ1v) is 6.93. The third-order valence-electron chi connectivity index (χ3n) is 4.47. The molecule has 1 aliphatic rings. The van der Waals surface area contributed by atoms with E-state index in [1.165, 1.54) is 31.2 Å². The number of hydrazine groups is 1. The number of nitrogens with zero attached hydrogens (tertiary/aromatic N) is 1. The SMILES string of the molecule is Cc1ccc(C(NN)C2CCCCC2(C)C)cn1. The minimum atomic E-state index is 0.216. The number of nitrogens with two attached hydrogens (primary N) is 1. The summed E-state index contributed by atoms with van der Waals surface area (Å²) < 4.78 is 0. The maximum Gasteiger partial charge on any atom is 0.0508 e. The molecule has 2 atom stereocenters. The van der Waals surface area contributed by atoms with Gasteiger partial charge in [-0.15, -0.1) is 0 Å². The average molecular weight is 247 g/mol. The van der Waals surface area contributed by atoms with Gasteiger partial charge >= 0.3 is 0 Å². The van der Waals surface area contributed by atoms with Crippen LogP contribution in [-0.2, 0) is 0 Å². The number of rotatable bonds is 3. The maximum absolute atomic E-state index is 5.82. The first-order valence-electron chi connectivity index (χ1n) is 6.93. The molecule has 0 amide bonds. The van der Waals surface area contributed by atoms with Crippen LogP contribution in [0.2, 0.25) is 0 Å². The number of pyridine rings is 1. The third kappa shape index (κ3) is 2.73. The molecule has 1 aromatic heterocycles. The van der Waals surface area contributed by atoms with E-state index in [2.05, 4.69) is 36.4 Å². The van der Waals surface area contributed by atoms with Crippen LogP contribution in [0.4, 0.5) is 0 Å². The summed E-state index contributed by atoms with van der Waals surface area (Å²) >= 11 is 0. The van der Waals surface area contributed by atoms with Gasteiger partial charge in [0.05, 0.1) is 6.04 Å². The monoisotopic (exact) mass is 247 g/mol. The van der Waals surface area contributed by atoms with Gasteiger partial charge in [0.1, 0.15) is 0 Å². The molecule has 0 radical (unpaired) electrons. The van der Waals surface area contributed by atoms with Crippen LogP contribution in [0.3, 0.4) is 0 Å². The summed E-state index contributed by atoms with van der Waals surface area (Å²) in [4.78, 5) is 4.40. The summed E-state index contributed by atoms with van der Waals surface area (Å²) in [5.74, 6) is 6.40. The molecule has 3 N–H and O–H groups in total. The number of nitrogens with one attached hydrogen (secondary N) is 1. The van der Waals surface area contributed by atoms with Crippen molar-refractivity contribution in [2.45, 2.75) is 52.5 Å². The Morgan fingerprint density at radius 2 is 2.17 bits per heavy atom. The number of hydrogen-bond donors (Lipinski definition) is 2. The van der Waals surface area contributed by atoms with Crippen LogP contribution in [0, 0.1) is 18.3 Å². The zero-order valence-corrected chi connectivity index (χ0v) is 11.7. The van der Waals surface area contributed by atoms with Crippen molar-refractivity contribution in [3.05, 3.63) is 29.6 Å². The average Bonchev–Trinajstić information content (AvgIpc) is 2.34. The van der Waals surface area contributed by atoms with E-state index in [1.54, 1.807) is 0 Å². The van der Waals surface area contributed by atoms with Crippen LogP contribution in [-0.4, -0.2) is 4.98 Å². The second-order valence-electron chi connectivity index (χ2n) is 6.22. The van der Waals surface area contributed by atoms with Crippen molar-refractivity contribution in [3.8, 4) is 0 Å². The van der Waals surface area contributed by atoms with Gasteiger partial charge in [-0.1, -0.05) is 32.8 Å². The van der Waals surface area contributed by atoms with Gasteiger partial charge in [-0.25, -0.2) is 0 Å². The molecule has 2 unspecified atom stereocenters. The Morgan fingerprint density at radius 1 is 1.39 bits per heavy atom. The van der Waals surface area contributed by atoms with E-state index >= 15 is 0 Å². The molecule has 0 aliphatic heterocycles. The lowest BCUT2D eigenvalue weighted by Gasteiger charge is -2.43. The zero-order chi connectivity index (χ0) is 13.2. The van der Waals surface area contributed by atoms with Crippen molar-refractivity contribution < 1.29 is 0 Å². The second kappa shape index (κ2) is 5.37. The lowest BCUT2D eigenvalue weighted by Crippen LogP contribution is -2.41. The smallest absolute Gasteiger partial charge is 0.0508 e. The Balaban J connectivity index is 2.24. The third-order valence-corrected chi connectivity index (χ3v) is 4.47. The molecular formula is C15H25N3. The van der Waals surface area contributed by atoms with Crippen LogP contribution in [0.5, 0.6) is 0 Å². The number of aryl methyl sites for hydroxylation is 1. The molecule has 1 aromatic rings. The summed E-state index contributed by atoms with van der Waals surface area (Å²) in [5.41, 5.74) is 5.63. The summed E-state index contributed by atoms with van der Waals surface area (Å²) in [6, 6.07) is 4.43. The van der Waals surface area contributed by atoms with Crippen LogP contribution < -0.4 is 11.3 Å². The Kier molecular flexibility index (Phi) is 4.03. The van der Waals surface area contributed by atoms with Gasteiger partial charge in [-0.05, 0) is 42.7 Å². The van der Waals surface area contributed by atoms with Crippen molar-refractivity contribution in [3.63, 3.8) is 0 Å². The molecule has 0 spiro atoms. The largest absolute Gasteiger partial charge is 0.271 e. The Labute approximate surface area is 110 Å². The summed E-state index contributed by atoms with van der Waals surface area (Å²) in [5, 5.41) is 0. The van der Waals surface area contributed by atoms with Gasteiger partial charge in [-0.3, -0.25) is 16.3 Å². The highest BCUT2D eigenvalue weighted by Gasteiger charge is 2.37. The van der Waals surface area contributed by atoms with E-state index < -0.39 is 0 Å². The minimum Gasteiger partial charge on any atom is -0.271 e. The fraction of sp³-hybridized carbons (Fsp3) is 0.667. The standard InChI is InChI=1S/C15H25N3/c1-11-7-8-12(10-17-11)14(18-16)13-6-4-5-9-15(13,2)3/h7-8,10,13-14,18H,4-6,9,16H2,1-3H3. The summed E-state index contributed by atoms with van der Waals surface area (Å²) in [6.45, 7) is 6.74. The van der Waals surface area contributed by atoms with E-state index in [9.17, 15) is 0 Å². The predicted molar refractivity (Wildman–Crippen MR) is 74.8 cm³/mol. The highest BCUT2D eigenvalue weighted by atomic mass is 15.2. The van der Waals surface area contributed by atoms with Crippen molar-refractivity contribution in [1.82, 2.24) is 10.4 Å². The molecule has 1 fully saturated rings. The highest BCUT2D eigenvalue weighted by molar-refractivity contribution is 5.19. The Hall–Kier alpha value is -0.930. The van der Waals surface area contributed by atoms with Gasteiger partial charge < -0.3 is 0 Å². The first-order chi connectivity index (χ1) is 8.54. The maximum atomic E-state index is 5.82. The van der Waals surface area contributed by atoms with Crippen LogP contribution in [0.15, 0.2) is 18.3 Å². The van der Waals surface area contributed by atoms with Gasteiger partial charge in [0.15, 0.2) is 0 Å². The van der Waals surface area contributed by atoms with Gasteiger partial charge in [-0.2, -0.15) is 0 Å². The van der Waals surface area contributed by atoms with Crippen molar-refractivity contribution in [2.24, 2.45) is 17.2 Å². The van der Waals surface area contributed by atoms with Crippen LogP contribution >= 0.6 is 0 Å². The van der Waals surface area contributed by atoms with E-state index in [-0.39, 0.29) is 6.04 Å². The molecule has 2 rings (SSSR count). The fourth-order valence-electron chi connectivity index (χ4n) is 3.25. The molecule has 0 saturated heterocycles. The predicted octanol–water partition coefficient (Wildman–Crippen LogP) is 3.11. The quantitative estimate of drug-likeness (QED) is 0.637. The van der Waals surface area contributed by atoms with E-state index in [1.807, 2.05) is 13.1 Å². The molecule has 1 saturated carbocycles. The molecule has 1 heterocycles. The van der Waals surface area contributed by atoms with Crippen LogP contribution in [0.1, 0.15) is 56.8 Å². The van der Waals surface area contributed by atoms with Crippen molar-refractivity contribution in [2.75, 3.05) is 0 Å². The molecule has 18 heavy (non-hydrogen) atoms. The molecule has 3 nitrogen and oxygen atoms in total. The fourth-order valence-corrected chi connectivity index (χ4v) is 3.25. The molecule has 0 bridgehead atoms. The molecular weight excluding hydrogens is 222 g/mol. The highest BCUT2D eigenvalue weighted by Crippen LogP contribution is 2.46. The van der Waals surface area contributed by atoms with E-state index in [0.717, 1.165) is 5.69 Å². The van der Waals surface area contributed by atoms with E-state index in [0.29, 0.717) is 11.3 Å². The molecule has 100 valence electrons. The number of hydrogen-bond acceptors (Lipinski definition) is 3. The lowest BCUT2D eigenvalue weighted by molar-refractivity contribution is 0.0981. The molecule has 1 aliphatic carbocycles.